The summed E-state index contributed by atoms with van der Waals surface area (Å²) >= 11 is 0. The minimum atomic E-state index is 0.336. The van der Waals surface area contributed by atoms with Crippen LogP contribution in [-0.4, -0.2) is 5.11 Å². The maximum atomic E-state index is 9.72. The largest absolute Gasteiger partial charge is 0.508 e. The Morgan fingerprint density at radius 3 is 2.62 bits per heavy atom. The Hall–Kier alpha value is -2.42. The molecule has 0 spiro atoms. The molecule has 0 bridgehead atoms. The van der Waals surface area contributed by atoms with Crippen LogP contribution in [0.25, 0.3) is 11.0 Å². The van der Waals surface area contributed by atoms with Crippen LogP contribution in [0, 0.1) is 20.8 Å². The number of phenolic OH excluding ortho intramolecular Hbond substituents is 1. The molecular weight excluding hydrogens is 262 g/mol. The van der Waals surface area contributed by atoms with Crippen molar-refractivity contribution in [2.24, 2.45) is 0 Å². The van der Waals surface area contributed by atoms with Crippen molar-refractivity contribution >= 4 is 16.7 Å². The van der Waals surface area contributed by atoms with E-state index in [9.17, 15) is 5.11 Å². The van der Waals surface area contributed by atoms with E-state index in [4.69, 9.17) is 4.42 Å². The lowest BCUT2D eigenvalue weighted by Crippen LogP contribution is -2.02. The highest BCUT2D eigenvalue weighted by atomic mass is 16.3. The van der Waals surface area contributed by atoms with Gasteiger partial charge in [0.2, 0.25) is 0 Å². The summed E-state index contributed by atoms with van der Waals surface area (Å²) < 4.78 is 5.78. The number of aryl methyl sites for hydroxylation is 3. The second-order valence-corrected chi connectivity index (χ2v) is 5.44. The summed E-state index contributed by atoms with van der Waals surface area (Å²) in [7, 11) is 0. The Bertz CT molecular complexity index is 802. The van der Waals surface area contributed by atoms with Crippen molar-refractivity contribution in [2.75, 3.05) is 5.32 Å². The molecule has 0 unspecified atom stereocenters. The summed E-state index contributed by atoms with van der Waals surface area (Å²) in [6.07, 6.45) is 0. The summed E-state index contributed by atoms with van der Waals surface area (Å²) in [6.45, 7) is 6.58. The van der Waals surface area contributed by atoms with E-state index in [0.717, 1.165) is 33.5 Å². The van der Waals surface area contributed by atoms with E-state index >= 15 is 0 Å². The van der Waals surface area contributed by atoms with Crippen molar-refractivity contribution in [3.63, 3.8) is 0 Å². The van der Waals surface area contributed by atoms with Crippen LogP contribution in [0.4, 0.5) is 5.69 Å². The molecular formula is C18H19NO2. The van der Waals surface area contributed by atoms with E-state index in [1.807, 2.05) is 45.0 Å². The van der Waals surface area contributed by atoms with Crippen molar-refractivity contribution in [1.29, 1.82) is 0 Å². The lowest BCUT2D eigenvalue weighted by Gasteiger charge is -2.11. The zero-order valence-electron chi connectivity index (χ0n) is 12.5. The highest BCUT2D eigenvalue weighted by Crippen LogP contribution is 2.28. The van der Waals surface area contributed by atoms with Gasteiger partial charge in [0.25, 0.3) is 0 Å². The first-order chi connectivity index (χ1) is 10.1. The molecule has 1 aromatic heterocycles. The number of hydrogen-bond acceptors (Lipinski definition) is 3. The Kier molecular flexibility index (Phi) is 3.34. The molecule has 3 heteroatoms. The minimum absolute atomic E-state index is 0.336. The molecule has 0 atom stereocenters. The predicted octanol–water partition coefficient (Wildman–Crippen LogP) is 4.68. The van der Waals surface area contributed by atoms with Crippen LogP contribution < -0.4 is 5.32 Å². The Balaban J connectivity index is 1.90. The van der Waals surface area contributed by atoms with Crippen LogP contribution in [0.15, 0.2) is 40.8 Å². The third-order valence-corrected chi connectivity index (χ3v) is 3.90. The van der Waals surface area contributed by atoms with E-state index in [0.29, 0.717) is 12.3 Å². The molecule has 0 fully saturated rings. The van der Waals surface area contributed by atoms with E-state index in [1.165, 1.54) is 5.56 Å². The molecule has 3 rings (SSSR count). The zero-order valence-corrected chi connectivity index (χ0v) is 12.5. The molecule has 0 aliphatic heterocycles. The summed E-state index contributed by atoms with van der Waals surface area (Å²) in [6, 6.07) is 11.8. The van der Waals surface area contributed by atoms with Crippen molar-refractivity contribution in [1.82, 2.24) is 0 Å². The van der Waals surface area contributed by atoms with Crippen LogP contribution in [0.3, 0.4) is 0 Å². The number of furan rings is 1. The minimum Gasteiger partial charge on any atom is -0.508 e. The highest BCUT2D eigenvalue weighted by molar-refractivity contribution is 5.82. The second-order valence-electron chi connectivity index (χ2n) is 5.44. The van der Waals surface area contributed by atoms with Crippen LogP contribution in [0.2, 0.25) is 0 Å². The van der Waals surface area contributed by atoms with Gasteiger partial charge in [0.05, 0.1) is 0 Å². The number of phenols is 1. The van der Waals surface area contributed by atoms with Crippen molar-refractivity contribution in [3.8, 4) is 5.75 Å². The molecule has 0 radical (unpaired) electrons. The van der Waals surface area contributed by atoms with Gasteiger partial charge in [0.1, 0.15) is 17.1 Å². The van der Waals surface area contributed by atoms with Crippen LogP contribution >= 0.6 is 0 Å². The van der Waals surface area contributed by atoms with Gasteiger partial charge in [0, 0.05) is 23.2 Å². The lowest BCUT2D eigenvalue weighted by molar-refractivity contribution is 0.471. The van der Waals surface area contributed by atoms with Gasteiger partial charge in [-0.25, -0.2) is 0 Å². The molecule has 3 nitrogen and oxygen atoms in total. The van der Waals surface area contributed by atoms with Gasteiger partial charge in [-0.1, -0.05) is 18.2 Å². The maximum absolute atomic E-state index is 9.72. The number of hydrogen-bond donors (Lipinski definition) is 2. The van der Waals surface area contributed by atoms with Gasteiger partial charge in [-0.05, 0) is 50.1 Å². The van der Waals surface area contributed by atoms with E-state index in [2.05, 4.69) is 11.4 Å². The molecule has 0 aliphatic rings. The van der Waals surface area contributed by atoms with Crippen molar-refractivity contribution < 1.29 is 9.52 Å². The average Bonchev–Trinajstić information content (AvgIpc) is 2.77. The molecule has 3 aromatic rings. The lowest BCUT2D eigenvalue weighted by atomic mass is 10.1. The smallest absolute Gasteiger partial charge is 0.134 e. The SMILES string of the molecule is Cc1cc(NCc2c(C)oc3ccccc23)c(C)cc1O. The first kappa shape index (κ1) is 13.6. The number of para-hydroxylation sites is 1. The van der Waals surface area contributed by atoms with Crippen molar-refractivity contribution in [2.45, 2.75) is 27.3 Å². The Morgan fingerprint density at radius 1 is 1.05 bits per heavy atom. The fraction of sp³-hybridized carbons (Fsp3) is 0.222. The summed E-state index contributed by atoms with van der Waals surface area (Å²) in [4.78, 5) is 0. The first-order valence-electron chi connectivity index (χ1n) is 7.07. The number of nitrogens with one attached hydrogen (secondary N) is 1. The fourth-order valence-electron chi connectivity index (χ4n) is 2.62. The van der Waals surface area contributed by atoms with Gasteiger partial charge in [-0.3, -0.25) is 0 Å². The molecule has 0 amide bonds. The summed E-state index contributed by atoms with van der Waals surface area (Å²) in [5, 5.41) is 14.3. The topological polar surface area (TPSA) is 45.4 Å². The molecule has 2 N–H and O–H groups in total. The molecule has 0 saturated carbocycles. The first-order valence-corrected chi connectivity index (χ1v) is 7.07. The number of aromatic hydroxyl groups is 1. The highest BCUT2D eigenvalue weighted by Gasteiger charge is 2.11. The normalized spacial score (nSPS) is 11.0. The van der Waals surface area contributed by atoms with E-state index < -0.39 is 0 Å². The summed E-state index contributed by atoms with van der Waals surface area (Å²) in [5.74, 6) is 1.28. The third kappa shape index (κ3) is 2.47. The second kappa shape index (κ2) is 5.17. The van der Waals surface area contributed by atoms with Crippen LogP contribution in [0.1, 0.15) is 22.5 Å². The number of benzene rings is 2. The number of anilines is 1. The Labute approximate surface area is 124 Å². The Morgan fingerprint density at radius 2 is 1.81 bits per heavy atom. The molecule has 0 saturated heterocycles. The maximum Gasteiger partial charge on any atom is 0.134 e. The van der Waals surface area contributed by atoms with Gasteiger partial charge in [-0.15, -0.1) is 0 Å². The van der Waals surface area contributed by atoms with E-state index in [1.54, 1.807) is 6.07 Å². The number of fused-ring (bicyclic) bond motifs is 1. The van der Waals surface area contributed by atoms with Crippen LogP contribution in [-0.2, 0) is 6.54 Å². The quantitative estimate of drug-likeness (QED) is 0.685. The molecule has 0 aliphatic carbocycles. The predicted molar refractivity (Wildman–Crippen MR) is 85.9 cm³/mol. The molecule has 1 heterocycles. The van der Waals surface area contributed by atoms with Gasteiger partial charge in [0.15, 0.2) is 0 Å². The molecule has 2 aromatic carbocycles. The zero-order chi connectivity index (χ0) is 15.0. The van der Waals surface area contributed by atoms with Gasteiger partial charge >= 0.3 is 0 Å². The number of rotatable bonds is 3. The van der Waals surface area contributed by atoms with Crippen LogP contribution in [0.5, 0.6) is 5.75 Å². The van der Waals surface area contributed by atoms with E-state index in [-0.39, 0.29) is 0 Å². The molecule has 21 heavy (non-hydrogen) atoms. The summed E-state index contributed by atoms with van der Waals surface area (Å²) in [5.41, 5.74) is 5.04. The average molecular weight is 281 g/mol. The molecule has 108 valence electrons. The fourth-order valence-corrected chi connectivity index (χ4v) is 2.62. The van der Waals surface area contributed by atoms with Crippen molar-refractivity contribution in [3.05, 3.63) is 58.8 Å². The monoisotopic (exact) mass is 281 g/mol. The standard InChI is InChI=1S/C18H19NO2/c1-11-9-17(20)12(2)8-16(11)19-10-15-13(3)21-18-7-5-4-6-14(15)18/h4-9,19-20H,10H2,1-3H3. The van der Waals surface area contributed by atoms with Gasteiger partial charge < -0.3 is 14.8 Å². The third-order valence-electron chi connectivity index (χ3n) is 3.90. The van der Waals surface area contributed by atoms with Gasteiger partial charge in [-0.2, -0.15) is 0 Å².